The van der Waals surface area contributed by atoms with Crippen molar-refractivity contribution in [3.63, 3.8) is 0 Å². The molecule has 0 spiro atoms. The molecule has 21 heavy (non-hydrogen) atoms. The molecule has 0 fully saturated rings. The number of aromatic nitrogens is 1. The molecular formula is C16H19NO3S. The van der Waals surface area contributed by atoms with Crippen LogP contribution in [0.5, 0.6) is 0 Å². The van der Waals surface area contributed by atoms with E-state index in [9.17, 15) is 4.79 Å². The molecule has 1 aromatic heterocycles. The number of benzene rings is 1. The van der Waals surface area contributed by atoms with E-state index in [1.54, 1.807) is 5.38 Å². The van der Waals surface area contributed by atoms with E-state index in [1.807, 2.05) is 24.3 Å². The maximum Gasteiger partial charge on any atom is 0.309 e. The lowest BCUT2D eigenvalue weighted by Crippen LogP contribution is -2.06. The van der Waals surface area contributed by atoms with Gasteiger partial charge in [0.1, 0.15) is 5.01 Å². The minimum absolute atomic E-state index is 0.0344. The van der Waals surface area contributed by atoms with E-state index >= 15 is 0 Å². The molecule has 4 nitrogen and oxygen atoms in total. The first-order valence-electron chi connectivity index (χ1n) is 6.95. The zero-order valence-electron chi connectivity index (χ0n) is 12.2. The van der Waals surface area contributed by atoms with Crippen molar-refractivity contribution < 1.29 is 14.6 Å². The van der Waals surface area contributed by atoms with E-state index < -0.39 is 5.97 Å². The van der Waals surface area contributed by atoms with Crippen molar-refractivity contribution in [3.8, 4) is 10.6 Å². The number of hydrogen-bond donors (Lipinski definition) is 1. The summed E-state index contributed by atoms with van der Waals surface area (Å²) in [5.74, 6) is -0.859. The number of ether oxygens (including phenoxy) is 1. The Morgan fingerprint density at radius 2 is 2.29 bits per heavy atom. The summed E-state index contributed by atoms with van der Waals surface area (Å²) in [7, 11) is 0. The Labute approximate surface area is 128 Å². The molecule has 0 saturated heterocycles. The van der Waals surface area contributed by atoms with Gasteiger partial charge in [0.05, 0.1) is 24.8 Å². The Morgan fingerprint density at radius 3 is 3.00 bits per heavy atom. The zero-order valence-corrected chi connectivity index (χ0v) is 13.0. The van der Waals surface area contributed by atoms with Crippen LogP contribution in [0.3, 0.4) is 0 Å². The van der Waals surface area contributed by atoms with Gasteiger partial charge in [0, 0.05) is 10.9 Å². The van der Waals surface area contributed by atoms with Gasteiger partial charge in [-0.2, -0.15) is 0 Å². The summed E-state index contributed by atoms with van der Waals surface area (Å²) in [5, 5.41) is 11.4. The molecule has 0 bridgehead atoms. The minimum Gasteiger partial charge on any atom is -0.481 e. The molecule has 112 valence electrons. The molecule has 0 amide bonds. The highest BCUT2D eigenvalue weighted by Crippen LogP contribution is 2.25. The maximum atomic E-state index is 10.7. The molecule has 1 unspecified atom stereocenters. The first-order valence-corrected chi connectivity index (χ1v) is 7.83. The lowest BCUT2D eigenvalue weighted by atomic mass is 10.1. The van der Waals surface area contributed by atoms with Crippen LogP contribution in [0.1, 0.15) is 31.5 Å². The summed E-state index contributed by atoms with van der Waals surface area (Å²) in [6, 6.07) is 8.03. The van der Waals surface area contributed by atoms with Crippen molar-refractivity contribution in [2.45, 2.75) is 39.4 Å². The van der Waals surface area contributed by atoms with Crippen molar-refractivity contribution in [2.75, 3.05) is 0 Å². The second-order valence-corrected chi connectivity index (χ2v) is 5.80. The van der Waals surface area contributed by atoms with Crippen molar-refractivity contribution in [1.29, 1.82) is 0 Å². The number of nitrogens with zero attached hydrogens (tertiary/aromatic N) is 1. The standard InChI is InChI=1S/C16H19NO3S/c1-3-11(2)20-9-12-5-4-6-13(7-12)16-17-14(10-21-16)8-15(18)19/h4-7,10-11H,3,8-9H2,1-2H3,(H,18,19). The van der Waals surface area contributed by atoms with Gasteiger partial charge in [-0.15, -0.1) is 11.3 Å². The number of carbonyl (C=O) groups is 1. The SMILES string of the molecule is CCC(C)OCc1cccc(-c2nc(CC(=O)O)cs2)c1. The van der Waals surface area contributed by atoms with Gasteiger partial charge in [-0.05, 0) is 25.0 Å². The third kappa shape index (κ3) is 4.65. The molecule has 1 atom stereocenters. The third-order valence-corrected chi connectivity index (χ3v) is 4.11. The summed E-state index contributed by atoms with van der Waals surface area (Å²) in [6.45, 7) is 4.74. The van der Waals surface area contributed by atoms with Crippen LogP contribution in [0.15, 0.2) is 29.6 Å². The first-order chi connectivity index (χ1) is 10.1. The average Bonchev–Trinajstić information content (AvgIpc) is 2.92. The van der Waals surface area contributed by atoms with Gasteiger partial charge in [0.25, 0.3) is 0 Å². The highest BCUT2D eigenvalue weighted by atomic mass is 32.1. The second-order valence-electron chi connectivity index (χ2n) is 4.94. The van der Waals surface area contributed by atoms with Crippen LogP contribution in [0, 0.1) is 0 Å². The Morgan fingerprint density at radius 1 is 1.48 bits per heavy atom. The van der Waals surface area contributed by atoms with E-state index in [-0.39, 0.29) is 12.5 Å². The third-order valence-electron chi connectivity index (χ3n) is 3.17. The normalized spacial score (nSPS) is 12.3. The van der Waals surface area contributed by atoms with Gasteiger partial charge >= 0.3 is 5.97 Å². The fourth-order valence-electron chi connectivity index (χ4n) is 1.83. The number of hydrogen-bond acceptors (Lipinski definition) is 4. The molecule has 0 saturated carbocycles. The molecule has 2 rings (SSSR count). The number of thiazole rings is 1. The lowest BCUT2D eigenvalue weighted by Gasteiger charge is -2.10. The molecule has 1 heterocycles. The monoisotopic (exact) mass is 305 g/mol. The van der Waals surface area contributed by atoms with Gasteiger partial charge in [0.15, 0.2) is 0 Å². The van der Waals surface area contributed by atoms with Gasteiger partial charge in [-0.25, -0.2) is 4.98 Å². The highest BCUT2D eigenvalue weighted by Gasteiger charge is 2.08. The van der Waals surface area contributed by atoms with Gasteiger partial charge in [0.2, 0.25) is 0 Å². The second kappa shape index (κ2) is 7.33. The first kappa shape index (κ1) is 15.7. The van der Waals surface area contributed by atoms with Gasteiger partial charge in [-0.3, -0.25) is 4.79 Å². The number of carboxylic acids is 1. The predicted octanol–water partition coefficient (Wildman–Crippen LogP) is 3.75. The molecule has 1 N–H and O–H groups in total. The van der Waals surface area contributed by atoms with Crippen LogP contribution >= 0.6 is 11.3 Å². The lowest BCUT2D eigenvalue weighted by molar-refractivity contribution is -0.136. The Kier molecular flexibility index (Phi) is 5.47. The molecule has 1 aromatic carbocycles. The predicted molar refractivity (Wildman–Crippen MR) is 83.4 cm³/mol. The number of rotatable bonds is 7. The summed E-state index contributed by atoms with van der Waals surface area (Å²) in [6.07, 6.45) is 1.20. The van der Waals surface area contributed by atoms with Crippen LogP contribution in [-0.2, 0) is 22.6 Å². The topological polar surface area (TPSA) is 59.4 Å². The zero-order chi connectivity index (χ0) is 15.2. The minimum atomic E-state index is -0.859. The molecule has 5 heteroatoms. The van der Waals surface area contributed by atoms with E-state index in [0.717, 1.165) is 22.6 Å². The summed E-state index contributed by atoms with van der Waals surface area (Å²) >= 11 is 1.47. The Balaban J connectivity index is 2.09. The van der Waals surface area contributed by atoms with Crippen LogP contribution in [0.2, 0.25) is 0 Å². The molecule has 0 radical (unpaired) electrons. The number of carboxylic acid groups (broad SMARTS) is 1. The summed E-state index contributed by atoms with van der Waals surface area (Å²) in [4.78, 5) is 15.1. The Bertz CT molecular complexity index is 609. The van der Waals surface area contributed by atoms with Crippen molar-refractivity contribution >= 4 is 17.3 Å². The van der Waals surface area contributed by atoms with Crippen molar-refractivity contribution in [2.24, 2.45) is 0 Å². The molecule has 2 aromatic rings. The van der Waals surface area contributed by atoms with Crippen molar-refractivity contribution in [3.05, 3.63) is 40.9 Å². The summed E-state index contributed by atoms with van der Waals surface area (Å²) in [5.41, 5.74) is 2.70. The van der Waals surface area contributed by atoms with E-state index in [0.29, 0.717) is 12.3 Å². The molecule has 0 aliphatic rings. The average molecular weight is 305 g/mol. The largest absolute Gasteiger partial charge is 0.481 e. The van der Waals surface area contributed by atoms with Gasteiger partial charge < -0.3 is 9.84 Å². The van der Waals surface area contributed by atoms with E-state index in [1.165, 1.54) is 11.3 Å². The van der Waals surface area contributed by atoms with Crippen LogP contribution < -0.4 is 0 Å². The molecule has 0 aliphatic heterocycles. The Hall–Kier alpha value is -1.72. The highest BCUT2D eigenvalue weighted by molar-refractivity contribution is 7.13. The van der Waals surface area contributed by atoms with E-state index in [2.05, 4.69) is 18.8 Å². The quantitative estimate of drug-likeness (QED) is 0.846. The number of aliphatic carboxylic acids is 1. The molecule has 0 aliphatic carbocycles. The maximum absolute atomic E-state index is 10.7. The van der Waals surface area contributed by atoms with E-state index in [4.69, 9.17) is 9.84 Å². The van der Waals surface area contributed by atoms with Crippen LogP contribution in [0.4, 0.5) is 0 Å². The van der Waals surface area contributed by atoms with Crippen molar-refractivity contribution in [1.82, 2.24) is 4.98 Å². The van der Waals surface area contributed by atoms with Crippen LogP contribution in [-0.4, -0.2) is 22.2 Å². The van der Waals surface area contributed by atoms with Crippen LogP contribution in [0.25, 0.3) is 10.6 Å². The van der Waals surface area contributed by atoms with Gasteiger partial charge in [-0.1, -0.05) is 25.1 Å². The fourth-order valence-corrected chi connectivity index (χ4v) is 2.64. The summed E-state index contributed by atoms with van der Waals surface area (Å²) < 4.78 is 5.73. The fraction of sp³-hybridized carbons (Fsp3) is 0.375. The smallest absolute Gasteiger partial charge is 0.309 e. The molecular weight excluding hydrogens is 286 g/mol.